The van der Waals surface area contributed by atoms with Crippen LogP contribution in [0, 0.1) is 0 Å². The number of carbonyl (C=O) groups is 1. The van der Waals surface area contributed by atoms with Gasteiger partial charge >= 0.3 is 0 Å². The molecule has 0 radical (unpaired) electrons. The van der Waals surface area contributed by atoms with Crippen LogP contribution in [0.25, 0.3) is 0 Å². The van der Waals surface area contributed by atoms with Crippen LogP contribution in [-0.4, -0.2) is 30.1 Å². The van der Waals surface area contributed by atoms with E-state index in [2.05, 4.69) is 11.6 Å². The van der Waals surface area contributed by atoms with E-state index in [1.54, 1.807) is 24.3 Å². The van der Waals surface area contributed by atoms with Gasteiger partial charge in [0.15, 0.2) is 6.61 Å². The maximum Gasteiger partial charge on any atom is 0.257 e. The lowest BCUT2D eigenvalue weighted by Crippen LogP contribution is -2.35. The lowest BCUT2D eigenvalue weighted by molar-refractivity contribution is -0.123. The Balaban J connectivity index is 1.70. The minimum absolute atomic E-state index is 0.0500. The van der Waals surface area contributed by atoms with Crippen LogP contribution in [0.15, 0.2) is 24.3 Å². The number of hydrogen-bond acceptors (Lipinski definition) is 4. The van der Waals surface area contributed by atoms with E-state index >= 15 is 0 Å². The number of nitrogens with one attached hydrogen (secondary N) is 1. The number of anilines is 1. The standard InChI is InChI=1S/C13H18N2O2S/c1-18-13(6-7-13)9-15-12(16)8-17-11-4-2-10(14)3-5-11/h2-5H,6-9,14H2,1H3,(H,15,16). The molecule has 1 fully saturated rings. The summed E-state index contributed by atoms with van der Waals surface area (Å²) >= 11 is 1.83. The van der Waals surface area contributed by atoms with Crippen LogP contribution >= 0.6 is 11.8 Å². The summed E-state index contributed by atoms with van der Waals surface area (Å²) < 4.78 is 5.66. The molecule has 98 valence electrons. The average molecular weight is 266 g/mol. The van der Waals surface area contributed by atoms with Gasteiger partial charge in [-0.05, 0) is 43.4 Å². The Hall–Kier alpha value is -1.36. The second-order valence-corrected chi connectivity index (χ2v) is 5.80. The molecule has 1 amide bonds. The van der Waals surface area contributed by atoms with E-state index in [4.69, 9.17) is 10.5 Å². The van der Waals surface area contributed by atoms with Crippen molar-refractivity contribution in [2.24, 2.45) is 0 Å². The highest BCUT2D eigenvalue weighted by Crippen LogP contribution is 2.46. The van der Waals surface area contributed by atoms with Crippen LogP contribution in [0.3, 0.4) is 0 Å². The molecule has 1 aliphatic rings. The molecule has 18 heavy (non-hydrogen) atoms. The zero-order valence-corrected chi connectivity index (χ0v) is 11.3. The zero-order valence-electron chi connectivity index (χ0n) is 10.4. The summed E-state index contributed by atoms with van der Waals surface area (Å²) in [5.41, 5.74) is 6.25. The fourth-order valence-electron chi connectivity index (χ4n) is 1.62. The normalized spacial score (nSPS) is 16.1. The third kappa shape index (κ3) is 3.57. The number of nitrogen functional groups attached to an aromatic ring is 1. The summed E-state index contributed by atoms with van der Waals surface area (Å²) in [6.45, 7) is 0.784. The molecule has 0 bridgehead atoms. The van der Waals surface area contributed by atoms with Crippen molar-refractivity contribution in [3.8, 4) is 5.75 Å². The van der Waals surface area contributed by atoms with Gasteiger partial charge in [0.1, 0.15) is 5.75 Å². The second-order valence-electron chi connectivity index (χ2n) is 4.52. The van der Waals surface area contributed by atoms with Crippen molar-refractivity contribution >= 4 is 23.4 Å². The summed E-state index contributed by atoms with van der Waals surface area (Å²) in [6, 6.07) is 7.01. The van der Waals surface area contributed by atoms with E-state index in [0.717, 1.165) is 6.54 Å². The van der Waals surface area contributed by atoms with Crippen LogP contribution in [0.2, 0.25) is 0 Å². The number of benzene rings is 1. The summed E-state index contributed by atoms with van der Waals surface area (Å²) in [5, 5.41) is 2.91. The minimum atomic E-state index is -0.0767. The van der Waals surface area contributed by atoms with Crippen molar-refractivity contribution in [2.75, 3.05) is 25.1 Å². The first kappa shape index (κ1) is 13.1. The third-order valence-electron chi connectivity index (χ3n) is 3.10. The van der Waals surface area contributed by atoms with Crippen LogP contribution in [0.5, 0.6) is 5.75 Å². The van der Waals surface area contributed by atoms with Crippen molar-refractivity contribution in [3.05, 3.63) is 24.3 Å². The first-order valence-corrected chi connectivity index (χ1v) is 7.16. The number of thioether (sulfide) groups is 1. The molecule has 0 aliphatic heterocycles. The second kappa shape index (κ2) is 5.52. The molecule has 5 heteroatoms. The van der Waals surface area contributed by atoms with Crippen molar-refractivity contribution in [1.29, 1.82) is 0 Å². The Morgan fingerprint density at radius 3 is 2.67 bits per heavy atom. The number of ether oxygens (including phenoxy) is 1. The third-order valence-corrected chi connectivity index (χ3v) is 4.52. The van der Waals surface area contributed by atoms with E-state index in [1.807, 2.05) is 11.8 Å². The zero-order chi connectivity index (χ0) is 13.0. The van der Waals surface area contributed by atoms with Gasteiger partial charge in [-0.1, -0.05) is 0 Å². The molecule has 4 nitrogen and oxygen atoms in total. The summed E-state index contributed by atoms with van der Waals surface area (Å²) in [6.07, 6.45) is 4.46. The Morgan fingerprint density at radius 1 is 1.44 bits per heavy atom. The van der Waals surface area contributed by atoms with E-state index in [9.17, 15) is 4.79 Å². The van der Waals surface area contributed by atoms with Crippen molar-refractivity contribution in [3.63, 3.8) is 0 Å². The van der Waals surface area contributed by atoms with Gasteiger partial charge in [-0.3, -0.25) is 4.79 Å². The number of nitrogens with two attached hydrogens (primary N) is 1. The predicted octanol–water partition coefficient (Wildman–Crippen LogP) is 1.66. The Bertz CT molecular complexity index is 416. The van der Waals surface area contributed by atoms with Gasteiger partial charge in [-0.2, -0.15) is 11.8 Å². The molecule has 0 aromatic heterocycles. The van der Waals surface area contributed by atoms with Crippen molar-refractivity contribution in [2.45, 2.75) is 17.6 Å². The summed E-state index contributed by atoms with van der Waals surface area (Å²) in [4.78, 5) is 11.6. The van der Waals surface area contributed by atoms with Gasteiger partial charge in [0, 0.05) is 17.0 Å². The van der Waals surface area contributed by atoms with E-state index in [1.165, 1.54) is 12.8 Å². The molecule has 1 aromatic carbocycles. The van der Waals surface area contributed by atoms with E-state index in [0.29, 0.717) is 11.4 Å². The average Bonchev–Trinajstić information content (AvgIpc) is 3.16. The van der Waals surface area contributed by atoms with Gasteiger partial charge in [-0.15, -0.1) is 0 Å². The Labute approximate surface area is 111 Å². The fourth-order valence-corrected chi connectivity index (χ4v) is 2.34. The molecule has 0 heterocycles. The summed E-state index contributed by atoms with van der Waals surface area (Å²) in [7, 11) is 0. The van der Waals surface area contributed by atoms with Crippen molar-refractivity contribution < 1.29 is 9.53 Å². The van der Waals surface area contributed by atoms with E-state index < -0.39 is 0 Å². The topological polar surface area (TPSA) is 64.3 Å². The molecule has 0 atom stereocenters. The van der Waals surface area contributed by atoms with Gasteiger partial charge in [-0.25, -0.2) is 0 Å². The molecular formula is C13H18N2O2S. The summed E-state index contributed by atoms with van der Waals surface area (Å²) in [5.74, 6) is 0.581. The molecular weight excluding hydrogens is 248 g/mol. The predicted molar refractivity (Wildman–Crippen MR) is 74.8 cm³/mol. The largest absolute Gasteiger partial charge is 0.484 e. The van der Waals surface area contributed by atoms with Gasteiger partial charge in [0.25, 0.3) is 5.91 Å². The number of carbonyl (C=O) groups excluding carboxylic acids is 1. The van der Waals surface area contributed by atoms with Gasteiger partial charge < -0.3 is 15.8 Å². The highest BCUT2D eigenvalue weighted by molar-refractivity contribution is 8.00. The molecule has 3 N–H and O–H groups in total. The molecule has 1 saturated carbocycles. The van der Waals surface area contributed by atoms with Gasteiger partial charge in [0.05, 0.1) is 0 Å². The Morgan fingerprint density at radius 2 is 2.11 bits per heavy atom. The Kier molecular flexibility index (Phi) is 4.01. The van der Waals surface area contributed by atoms with Crippen LogP contribution in [0.4, 0.5) is 5.69 Å². The molecule has 0 unspecified atom stereocenters. The molecule has 1 aliphatic carbocycles. The number of amides is 1. The lowest BCUT2D eigenvalue weighted by Gasteiger charge is -2.13. The first-order valence-electron chi connectivity index (χ1n) is 5.94. The van der Waals surface area contributed by atoms with Crippen LogP contribution < -0.4 is 15.8 Å². The van der Waals surface area contributed by atoms with E-state index in [-0.39, 0.29) is 17.3 Å². The molecule has 0 spiro atoms. The maximum atomic E-state index is 11.6. The first-order chi connectivity index (χ1) is 8.63. The SMILES string of the molecule is CSC1(CNC(=O)COc2ccc(N)cc2)CC1. The molecule has 2 rings (SSSR count). The smallest absolute Gasteiger partial charge is 0.257 e. The number of rotatable bonds is 6. The lowest BCUT2D eigenvalue weighted by atomic mass is 10.3. The highest BCUT2D eigenvalue weighted by atomic mass is 32.2. The van der Waals surface area contributed by atoms with Crippen LogP contribution in [0.1, 0.15) is 12.8 Å². The number of hydrogen-bond donors (Lipinski definition) is 2. The maximum absolute atomic E-state index is 11.6. The van der Waals surface area contributed by atoms with Gasteiger partial charge in [0.2, 0.25) is 0 Å². The molecule has 0 saturated heterocycles. The van der Waals surface area contributed by atoms with Crippen molar-refractivity contribution in [1.82, 2.24) is 5.32 Å². The monoisotopic (exact) mass is 266 g/mol. The highest BCUT2D eigenvalue weighted by Gasteiger charge is 2.41. The minimum Gasteiger partial charge on any atom is -0.484 e. The van der Waals surface area contributed by atoms with Crippen LogP contribution in [-0.2, 0) is 4.79 Å². The quantitative estimate of drug-likeness (QED) is 0.769. The fraction of sp³-hybridized carbons (Fsp3) is 0.462. The molecule has 1 aromatic rings.